The van der Waals surface area contributed by atoms with E-state index in [2.05, 4.69) is 26.2 Å². The van der Waals surface area contributed by atoms with Gasteiger partial charge in [0.15, 0.2) is 17.5 Å². The molecule has 2 heterocycles. The van der Waals surface area contributed by atoms with Gasteiger partial charge in [-0.1, -0.05) is 18.2 Å². The predicted octanol–water partition coefficient (Wildman–Crippen LogP) is 2.22. The minimum atomic E-state index is -0.377. The average Bonchev–Trinajstić information content (AvgIpc) is 3.23. The van der Waals surface area contributed by atoms with Crippen molar-refractivity contribution in [2.75, 3.05) is 40.0 Å². The van der Waals surface area contributed by atoms with Crippen LogP contribution in [-0.2, 0) is 13.1 Å². The van der Waals surface area contributed by atoms with Crippen LogP contribution in [0.4, 0.5) is 5.69 Å². The van der Waals surface area contributed by atoms with Gasteiger partial charge in [-0.2, -0.15) is 0 Å². The summed E-state index contributed by atoms with van der Waals surface area (Å²) in [5, 5.41) is 14.3. The molecule has 0 saturated carbocycles. The molecule has 2 aliphatic rings. The molecule has 2 aromatic rings. The largest absolute Gasteiger partial charge is 0.454 e. The molecular formula is C21H25N5O4. The van der Waals surface area contributed by atoms with Crippen molar-refractivity contribution in [2.45, 2.75) is 13.1 Å². The van der Waals surface area contributed by atoms with Crippen molar-refractivity contribution in [3.63, 3.8) is 0 Å². The molecule has 1 fully saturated rings. The topological polar surface area (TPSA) is 92.5 Å². The Morgan fingerprint density at radius 2 is 1.90 bits per heavy atom. The van der Waals surface area contributed by atoms with Crippen molar-refractivity contribution in [3.05, 3.63) is 63.7 Å². The highest BCUT2D eigenvalue weighted by molar-refractivity contribution is 5.80. The SMILES string of the molecule is CN=C(NCc1cccc([N+](=O)[O-])c1)N1CCN(Cc2ccc3c(c2)OCO3)CC1. The number of ether oxygens (including phenoxy) is 2. The highest BCUT2D eigenvalue weighted by atomic mass is 16.7. The number of guanidine groups is 1. The van der Waals surface area contributed by atoms with Crippen molar-refractivity contribution >= 4 is 11.6 Å². The predicted molar refractivity (Wildman–Crippen MR) is 113 cm³/mol. The van der Waals surface area contributed by atoms with E-state index in [4.69, 9.17) is 9.47 Å². The summed E-state index contributed by atoms with van der Waals surface area (Å²) < 4.78 is 10.8. The Balaban J connectivity index is 1.28. The van der Waals surface area contributed by atoms with Crippen LogP contribution in [0.1, 0.15) is 11.1 Å². The number of nitrogens with zero attached hydrogens (tertiary/aromatic N) is 4. The molecular weight excluding hydrogens is 386 g/mol. The maximum absolute atomic E-state index is 10.9. The first kappa shape index (κ1) is 20.0. The third kappa shape index (κ3) is 4.62. The number of nitrogens with one attached hydrogen (secondary N) is 1. The Morgan fingerprint density at radius 3 is 2.67 bits per heavy atom. The van der Waals surface area contributed by atoms with Gasteiger partial charge in [0, 0.05) is 58.4 Å². The van der Waals surface area contributed by atoms with E-state index in [1.807, 2.05) is 18.2 Å². The standard InChI is InChI=1S/C21H25N5O4/c1-22-21(23-13-16-3-2-4-18(11-16)26(27)28)25-9-7-24(8-10-25)14-17-5-6-19-20(12-17)30-15-29-19/h2-6,11-12H,7-10,13-15H2,1H3,(H,22,23). The lowest BCUT2D eigenvalue weighted by Gasteiger charge is -2.36. The van der Waals surface area contributed by atoms with Crippen molar-refractivity contribution in [1.82, 2.24) is 15.1 Å². The number of aliphatic imine (C=N–C) groups is 1. The molecule has 1 N–H and O–H groups in total. The zero-order valence-corrected chi connectivity index (χ0v) is 16.9. The second kappa shape index (κ2) is 9.00. The minimum absolute atomic E-state index is 0.0985. The summed E-state index contributed by atoms with van der Waals surface area (Å²) in [6.07, 6.45) is 0. The number of piperazine rings is 1. The fourth-order valence-electron chi connectivity index (χ4n) is 3.71. The van der Waals surface area contributed by atoms with E-state index in [1.165, 1.54) is 11.6 Å². The van der Waals surface area contributed by atoms with E-state index in [9.17, 15) is 10.1 Å². The molecule has 9 nitrogen and oxygen atoms in total. The summed E-state index contributed by atoms with van der Waals surface area (Å²) in [5.41, 5.74) is 2.16. The third-order valence-electron chi connectivity index (χ3n) is 5.30. The number of hydrogen-bond acceptors (Lipinski definition) is 6. The van der Waals surface area contributed by atoms with Gasteiger partial charge in [0.2, 0.25) is 6.79 Å². The molecule has 0 amide bonds. The van der Waals surface area contributed by atoms with Crippen molar-refractivity contribution < 1.29 is 14.4 Å². The van der Waals surface area contributed by atoms with Crippen LogP contribution in [0.2, 0.25) is 0 Å². The maximum atomic E-state index is 10.9. The molecule has 4 rings (SSSR count). The lowest BCUT2D eigenvalue weighted by Crippen LogP contribution is -2.52. The van der Waals surface area contributed by atoms with E-state index in [0.717, 1.165) is 55.7 Å². The van der Waals surface area contributed by atoms with E-state index in [0.29, 0.717) is 13.3 Å². The van der Waals surface area contributed by atoms with E-state index in [1.54, 1.807) is 19.2 Å². The molecule has 0 radical (unpaired) electrons. The van der Waals surface area contributed by atoms with Gasteiger partial charge in [-0.25, -0.2) is 0 Å². The first-order valence-corrected chi connectivity index (χ1v) is 9.92. The number of benzene rings is 2. The molecule has 30 heavy (non-hydrogen) atoms. The van der Waals surface area contributed by atoms with Crippen molar-refractivity contribution in [1.29, 1.82) is 0 Å². The van der Waals surface area contributed by atoms with E-state index in [-0.39, 0.29) is 10.6 Å². The smallest absolute Gasteiger partial charge is 0.269 e. The van der Waals surface area contributed by atoms with Crippen molar-refractivity contribution in [2.24, 2.45) is 4.99 Å². The Morgan fingerprint density at radius 1 is 1.10 bits per heavy atom. The number of fused-ring (bicyclic) bond motifs is 1. The Kier molecular flexibility index (Phi) is 5.99. The Labute approximate surface area is 175 Å². The summed E-state index contributed by atoms with van der Waals surface area (Å²) in [7, 11) is 1.76. The Hall–Kier alpha value is -3.33. The van der Waals surface area contributed by atoms with Gasteiger partial charge in [-0.05, 0) is 23.3 Å². The van der Waals surface area contributed by atoms with Crippen LogP contribution in [0.15, 0.2) is 47.5 Å². The van der Waals surface area contributed by atoms with Crippen LogP contribution in [0.25, 0.3) is 0 Å². The number of rotatable bonds is 5. The van der Waals surface area contributed by atoms with Crippen molar-refractivity contribution in [3.8, 4) is 11.5 Å². The molecule has 0 atom stereocenters. The quantitative estimate of drug-likeness (QED) is 0.349. The molecule has 0 bridgehead atoms. The average molecular weight is 411 g/mol. The molecule has 2 aliphatic heterocycles. The Bertz CT molecular complexity index is 941. The second-order valence-electron chi connectivity index (χ2n) is 7.28. The zero-order valence-electron chi connectivity index (χ0n) is 16.9. The van der Waals surface area contributed by atoms with Gasteiger partial charge in [0.05, 0.1) is 4.92 Å². The lowest BCUT2D eigenvalue weighted by atomic mass is 10.1. The summed E-state index contributed by atoms with van der Waals surface area (Å²) in [6.45, 7) is 5.21. The fourth-order valence-corrected chi connectivity index (χ4v) is 3.71. The summed E-state index contributed by atoms with van der Waals surface area (Å²) in [6, 6.07) is 12.8. The number of hydrogen-bond donors (Lipinski definition) is 1. The molecule has 158 valence electrons. The fraction of sp³-hybridized carbons (Fsp3) is 0.381. The van der Waals surface area contributed by atoms with Crippen LogP contribution in [0, 0.1) is 10.1 Å². The van der Waals surface area contributed by atoms with Crippen LogP contribution in [0.3, 0.4) is 0 Å². The zero-order chi connectivity index (χ0) is 20.9. The summed E-state index contributed by atoms with van der Waals surface area (Å²) in [4.78, 5) is 19.6. The van der Waals surface area contributed by atoms with Gasteiger partial charge in [-0.15, -0.1) is 0 Å². The third-order valence-corrected chi connectivity index (χ3v) is 5.30. The molecule has 0 aromatic heterocycles. The molecule has 0 unspecified atom stereocenters. The first-order valence-electron chi connectivity index (χ1n) is 9.92. The number of nitro benzene ring substituents is 1. The maximum Gasteiger partial charge on any atom is 0.269 e. The highest BCUT2D eigenvalue weighted by Crippen LogP contribution is 2.32. The van der Waals surface area contributed by atoms with Crippen LogP contribution < -0.4 is 14.8 Å². The van der Waals surface area contributed by atoms with Crippen LogP contribution in [0.5, 0.6) is 11.5 Å². The monoisotopic (exact) mass is 411 g/mol. The molecule has 9 heteroatoms. The van der Waals surface area contributed by atoms with Gasteiger partial charge >= 0.3 is 0 Å². The number of nitro groups is 1. The van der Waals surface area contributed by atoms with E-state index >= 15 is 0 Å². The summed E-state index contributed by atoms with van der Waals surface area (Å²) >= 11 is 0. The van der Waals surface area contributed by atoms with Crippen LogP contribution >= 0.6 is 0 Å². The lowest BCUT2D eigenvalue weighted by molar-refractivity contribution is -0.384. The van der Waals surface area contributed by atoms with Gasteiger partial charge in [0.25, 0.3) is 5.69 Å². The highest BCUT2D eigenvalue weighted by Gasteiger charge is 2.21. The molecule has 0 aliphatic carbocycles. The summed E-state index contributed by atoms with van der Waals surface area (Å²) in [5.74, 6) is 2.43. The second-order valence-corrected chi connectivity index (χ2v) is 7.28. The van der Waals surface area contributed by atoms with Crippen LogP contribution in [-0.4, -0.2) is 60.7 Å². The van der Waals surface area contributed by atoms with Gasteiger partial charge in [0.1, 0.15) is 0 Å². The molecule has 2 aromatic carbocycles. The molecule has 1 saturated heterocycles. The molecule has 0 spiro atoms. The normalized spacial score (nSPS) is 16.6. The first-order chi connectivity index (χ1) is 14.6. The minimum Gasteiger partial charge on any atom is -0.454 e. The number of non-ortho nitro benzene ring substituents is 1. The van der Waals surface area contributed by atoms with Gasteiger partial charge < -0.3 is 19.7 Å². The van der Waals surface area contributed by atoms with E-state index < -0.39 is 0 Å². The van der Waals surface area contributed by atoms with Gasteiger partial charge in [-0.3, -0.25) is 20.0 Å².